The Kier molecular flexibility index (Phi) is 12.4. The zero-order valence-corrected chi connectivity index (χ0v) is 19.7. The number of hydrogen-bond acceptors (Lipinski definition) is 8. The number of β-amino-alcohol motifs (C(OH)–C–C–N with tert-alkyl or cyclic N) is 1. The lowest BCUT2D eigenvalue weighted by Gasteiger charge is -2.22. The molecule has 1 aliphatic rings. The average Bonchev–Trinajstić information content (AvgIpc) is 3.18. The van der Waals surface area contributed by atoms with Gasteiger partial charge in [0.05, 0.1) is 18.2 Å². The van der Waals surface area contributed by atoms with Gasteiger partial charge in [0, 0.05) is 38.1 Å². The van der Waals surface area contributed by atoms with Crippen molar-refractivity contribution in [2.75, 3.05) is 13.1 Å². The summed E-state index contributed by atoms with van der Waals surface area (Å²) >= 11 is 0. The molecule has 4 atom stereocenters. The van der Waals surface area contributed by atoms with Crippen molar-refractivity contribution in [3.63, 3.8) is 0 Å². The Morgan fingerprint density at radius 2 is 1.76 bits per heavy atom. The zero-order chi connectivity index (χ0) is 25.8. The van der Waals surface area contributed by atoms with Gasteiger partial charge < -0.3 is 31.9 Å². The lowest BCUT2D eigenvalue weighted by atomic mass is 9.89. The second-order valence-electron chi connectivity index (χ2n) is 9.05. The Morgan fingerprint density at radius 3 is 2.29 bits per heavy atom. The van der Waals surface area contributed by atoms with E-state index in [2.05, 4.69) is 16.0 Å². The number of aliphatic carboxylic acids is 1. The van der Waals surface area contributed by atoms with E-state index in [4.69, 9.17) is 10.8 Å². The molecular formula is C22H36N4O8. The Balaban J connectivity index is 2.76. The maximum Gasteiger partial charge on any atom is 0.322 e. The second-order valence-corrected chi connectivity index (χ2v) is 9.05. The molecule has 0 bridgehead atoms. The van der Waals surface area contributed by atoms with E-state index in [-0.39, 0.29) is 50.2 Å². The van der Waals surface area contributed by atoms with E-state index in [1.54, 1.807) is 0 Å². The summed E-state index contributed by atoms with van der Waals surface area (Å²) < 4.78 is 0. The number of nitrogens with one attached hydrogen (secondary N) is 3. The van der Waals surface area contributed by atoms with Crippen molar-refractivity contribution in [2.45, 2.75) is 77.0 Å². The highest BCUT2D eigenvalue weighted by Gasteiger charge is 2.30. The second kappa shape index (κ2) is 14.4. The van der Waals surface area contributed by atoms with Crippen LogP contribution in [0.25, 0.3) is 0 Å². The SMILES string of the molecule is CC(C)C[C@H](CC(=O)[C@H](CCC(N)=O)NC(=O)CCC(=O)[C@H]1C[C@H](O)CN1)C(=O)NCC(=O)O. The van der Waals surface area contributed by atoms with E-state index >= 15 is 0 Å². The fourth-order valence-electron chi connectivity index (χ4n) is 3.78. The van der Waals surface area contributed by atoms with Crippen molar-refractivity contribution in [3.8, 4) is 0 Å². The summed E-state index contributed by atoms with van der Waals surface area (Å²) in [6.07, 6.45) is -0.748. The number of rotatable bonds is 16. The van der Waals surface area contributed by atoms with Gasteiger partial charge in [-0.1, -0.05) is 13.8 Å². The lowest BCUT2D eigenvalue weighted by molar-refractivity contribution is -0.139. The number of carbonyl (C=O) groups is 6. The van der Waals surface area contributed by atoms with Crippen molar-refractivity contribution in [2.24, 2.45) is 17.6 Å². The van der Waals surface area contributed by atoms with Crippen LogP contribution in [0.5, 0.6) is 0 Å². The number of aliphatic hydroxyl groups is 1. The molecule has 1 aliphatic heterocycles. The van der Waals surface area contributed by atoms with Gasteiger partial charge in [-0.05, 0) is 25.2 Å². The van der Waals surface area contributed by atoms with Crippen LogP contribution in [-0.2, 0) is 28.8 Å². The van der Waals surface area contributed by atoms with Crippen LogP contribution < -0.4 is 21.7 Å². The van der Waals surface area contributed by atoms with Crippen LogP contribution >= 0.6 is 0 Å². The number of hydrogen-bond donors (Lipinski definition) is 6. The molecule has 0 aromatic heterocycles. The normalized spacial score (nSPS) is 19.3. The third-order valence-electron chi connectivity index (χ3n) is 5.49. The predicted octanol–water partition coefficient (Wildman–Crippen LogP) is -1.37. The molecule has 0 unspecified atom stereocenters. The van der Waals surface area contributed by atoms with Crippen molar-refractivity contribution in [1.82, 2.24) is 16.0 Å². The van der Waals surface area contributed by atoms with E-state index in [9.17, 15) is 33.9 Å². The minimum Gasteiger partial charge on any atom is -0.480 e. The van der Waals surface area contributed by atoms with Crippen molar-refractivity contribution < 1.29 is 39.0 Å². The van der Waals surface area contributed by atoms with Crippen LogP contribution in [0, 0.1) is 11.8 Å². The summed E-state index contributed by atoms with van der Waals surface area (Å²) in [5.41, 5.74) is 5.18. The van der Waals surface area contributed by atoms with E-state index in [0.717, 1.165) is 0 Å². The molecule has 1 saturated heterocycles. The van der Waals surface area contributed by atoms with Gasteiger partial charge in [-0.25, -0.2) is 0 Å². The van der Waals surface area contributed by atoms with Crippen LogP contribution in [-0.4, -0.2) is 76.7 Å². The van der Waals surface area contributed by atoms with Crippen molar-refractivity contribution >= 4 is 35.3 Å². The standard InChI is InChI=1S/C22H36N4O8/c1-12(2)7-13(22(34)25-11-21(32)33)8-18(29)15(3-5-19(23)30)26-20(31)6-4-17(28)16-9-14(27)10-24-16/h12-16,24,27H,3-11H2,1-2H3,(H2,23,30)(H,25,34)(H,26,31)(H,32,33)/t13-,14+,15+,16-/m1/s1. The molecule has 0 aromatic rings. The largest absolute Gasteiger partial charge is 0.480 e. The fraction of sp³-hybridized carbons (Fsp3) is 0.727. The first kappa shape index (κ1) is 29.2. The smallest absolute Gasteiger partial charge is 0.322 e. The maximum atomic E-state index is 12.9. The summed E-state index contributed by atoms with van der Waals surface area (Å²) in [5, 5.41) is 26.0. The number of aliphatic hydroxyl groups excluding tert-OH is 1. The molecule has 0 saturated carbocycles. The summed E-state index contributed by atoms with van der Waals surface area (Å²) in [6.45, 7) is 3.43. The van der Waals surface area contributed by atoms with Crippen LogP contribution in [0.15, 0.2) is 0 Å². The number of amides is 3. The van der Waals surface area contributed by atoms with Crippen LogP contribution in [0.3, 0.4) is 0 Å². The number of Topliss-reactive ketones (excluding diaryl/α,β-unsaturated/α-hetero) is 2. The maximum absolute atomic E-state index is 12.9. The molecule has 3 amide bonds. The van der Waals surface area contributed by atoms with Crippen LogP contribution in [0.1, 0.15) is 58.8 Å². The molecule has 0 radical (unpaired) electrons. The number of carbonyl (C=O) groups excluding carboxylic acids is 5. The van der Waals surface area contributed by atoms with E-state index in [0.29, 0.717) is 13.0 Å². The summed E-state index contributed by atoms with van der Waals surface area (Å²) in [7, 11) is 0. The Morgan fingerprint density at radius 1 is 1.09 bits per heavy atom. The minimum atomic E-state index is -1.22. The average molecular weight is 485 g/mol. The Hall–Kier alpha value is -2.86. The van der Waals surface area contributed by atoms with Crippen LogP contribution in [0.4, 0.5) is 0 Å². The molecule has 1 rings (SSSR count). The fourth-order valence-corrected chi connectivity index (χ4v) is 3.78. The van der Waals surface area contributed by atoms with Gasteiger partial charge in [0.1, 0.15) is 12.3 Å². The predicted molar refractivity (Wildman–Crippen MR) is 120 cm³/mol. The van der Waals surface area contributed by atoms with E-state index < -0.39 is 60.1 Å². The van der Waals surface area contributed by atoms with Gasteiger partial charge in [-0.3, -0.25) is 28.8 Å². The quantitative estimate of drug-likeness (QED) is 0.153. The molecule has 7 N–H and O–H groups in total. The molecule has 1 heterocycles. The number of primary amides is 1. The van der Waals surface area contributed by atoms with Gasteiger partial charge >= 0.3 is 5.97 Å². The molecule has 12 nitrogen and oxygen atoms in total. The summed E-state index contributed by atoms with van der Waals surface area (Å²) in [6, 6.07) is -1.60. The number of ketones is 2. The van der Waals surface area contributed by atoms with Crippen molar-refractivity contribution in [1.29, 1.82) is 0 Å². The molecule has 1 fully saturated rings. The molecule has 34 heavy (non-hydrogen) atoms. The topological polar surface area (TPSA) is 205 Å². The molecule has 0 aliphatic carbocycles. The van der Waals surface area contributed by atoms with Gasteiger partial charge in [0.25, 0.3) is 0 Å². The summed E-state index contributed by atoms with van der Waals surface area (Å²) in [5.74, 6) is -4.50. The highest BCUT2D eigenvalue weighted by atomic mass is 16.4. The van der Waals surface area contributed by atoms with Crippen molar-refractivity contribution in [3.05, 3.63) is 0 Å². The van der Waals surface area contributed by atoms with Gasteiger partial charge in [-0.15, -0.1) is 0 Å². The minimum absolute atomic E-state index is 0.0424. The summed E-state index contributed by atoms with van der Waals surface area (Å²) in [4.78, 5) is 71.9. The number of carboxylic acids is 1. The first-order chi connectivity index (χ1) is 15.9. The molecule has 0 aromatic carbocycles. The van der Waals surface area contributed by atoms with Gasteiger partial charge in [0.15, 0.2) is 5.78 Å². The highest BCUT2D eigenvalue weighted by Crippen LogP contribution is 2.18. The highest BCUT2D eigenvalue weighted by molar-refractivity contribution is 5.94. The van der Waals surface area contributed by atoms with Crippen LogP contribution in [0.2, 0.25) is 0 Å². The lowest BCUT2D eigenvalue weighted by Crippen LogP contribution is -2.44. The van der Waals surface area contributed by atoms with E-state index in [1.807, 2.05) is 13.8 Å². The van der Waals surface area contributed by atoms with Gasteiger partial charge in [0.2, 0.25) is 17.7 Å². The Bertz CT molecular complexity index is 770. The zero-order valence-electron chi connectivity index (χ0n) is 19.7. The number of nitrogens with two attached hydrogens (primary N) is 1. The molecule has 192 valence electrons. The first-order valence-electron chi connectivity index (χ1n) is 11.4. The molecule has 12 heteroatoms. The number of carboxylic acid groups (broad SMARTS) is 1. The van der Waals surface area contributed by atoms with E-state index in [1.165, 1.54) is 0 Å². The Labute approximate surface area is 198 Å². The molecule has 0 spiro atoms. The monoisotopic (exact) mass is 484 g/mol. The third kappa shape index (κ3) is 11.3. The van der Waals surface area contributed by atoms with Gasteiger partial charge in [-0.2, -0.15) is 0 Å². The first-order valence-corrected chi connectivity index (χ1v) is 11.4. The third-order valence-corrected chi connectivity index (χ3v) is 5.49. The molecular weight excluding hydrogens is 448 g/mol.